The summed E-state index contributed by atoms with van der Waals surface area (Å²) in [5, 5.41) is 11.6. The van der Waals surface area contributed by atoms with E-state index in [9.17, 15) is 18.7 Å². The first-order valence-corrected chi connectivity index (χ1v) is 9.15. The third-order valence-corrected chi connectivity index (χ3v) is 5.14. The Labute approximate surface area is 153 Å². The van der Waals surface area contributed by atoms with Gasteiger partial charge in [0.1, 0.15) is 16.6 Å². The first-order chi connectivity index (χ1) is 12.4. The van der Waals surface area contributed by atoms with E-state index in [0.29, 0.717) is 28.6 Å². The second-order valence-electron chi connectivity index (χ2n) is 6.00. The van der Waals surface area contributed by atoms with Crippen LogP contribution < -0.4 is 0 Å². The topological polar surface area (TPSA) is 55.1 Å². The molecule has 0 saturated heterocycles. The molecule has 26 heavy (non-hydrogen) atoms. The maximum atomic E-state index is 14.0. The lowest BCUT2D eigenvalue weighted by Crippen LogP contribution is -2.04. The van der Waals surface area contributed by atoms with Gasteiger partial charge in [0.15, 0.2) is 0 Å². The molecular formula is C19H18F2N2O2S. The molecule has 7 heteroatoms. The van der Waals surface area contributed by atoms with E-state index < -0.39 is 17.6 Å². The van der Waals surface area contributed by atoms with Gasteiger partial charge in [-0.2, -0.15) is 0 Å². The largest absolute Gasteiger partial charge is 0.478 e. The summed E-state index contributed by atoms with van der Waals surface area (Å²) in [6.45, 7) is 4.52. The number of hydrogen-bond donors (Lipinski definition) is 1. The van der Waals surface area contributed by atoms with E-state index in [4.69, 9.17) is 0 Å². The number of aromatic carboxylic acids is 1. The van der Waals surface area contributed by atoms with Crippen molar-refractivity contribution in [3.63, 3.8) is 0 Å². The molecular weight excluding hydrogens is 358 g/mol. The summed E-state index contributed by atoms with van der Waals surface area (Å²) in [6.07, 6.45) is 1.88. The fraction of sp³-hybridized carbons (Fsp3) is 0.263. The van der Waals surface area contributed by atoms with Gasteiger partial charge in [-0.25, -0.2) is 18.6 Å². The van der Waals surface area contributed by atoms with Crippen LogP contribution in [0.3, 0.4) is 0 Å². The fourth-order valence-electron chi connectivity index (χ4n) is 2.86. The minimum absolute atomic E-state index is 0.226. The van der Waals surface area contributed by atoms with E-state index in [2.05, 4.69) is 11.9 Å². The molecule has 1 aromatic carbocycles. The van der Waals surface area contributed by atoms with Gasteiger partial charge < -0.3 is 9.67 Å². The average Bonchev–Trinajstić information content (AvgIpc) is 3.18. The number of hydrogen-bond acceptors (Lipinski definition) is 3. The summed E-state index contributed by atoms with van der Waals surface area (Å²) >= 11 is 1.24. The van der Waals surface area contributed by atoms with E-state index in [1.807, 2.05) is 4.57 Å². The number of aromatic nitrogens is 2. The Morgan fingerprint density at radius 1 is 1.31 bits per heavy atom. The van der Waals surface area contributed by atoms with Crippen molar-refractivity contribution >= 4 is 17.3 Å². The monoisotopic (exact) mass is 376 g/mol. The summed E-state index contributed by atoms with van der Waals surface area (Å²) in [6, 6.07) is 4.98. The molecule has 0 fully saturated rings. The van der Waals surface area contributed by atoms with Crippen molar-refractivity contribution in [2.24, 2.45) is 0 Å². The highest BCUT2D eigenvalue weighted by Crippen LogP contribution is 2.33. The molecule has 0 bridgehead atoms. The van der Waals surface area contributed by atoms with Crippen molar-refractivity contribution in [3.8, 4) is 22.0 Å². The molecule has 0 aliphatic carbocycles. The number of carboxylic acid groups (broad SMARTS) is 1. The van der Waals surface area contributed by atoms with Gasteiger partial charge in [-0.1, -0.05) is 13.3 Å². The molecule has 0 radical (unpaired) electrons. The molecule has 0 spiro atoms. The molecule has 0 amide bonds. The quantitative estimate of drug-likeness (QED) is 0.630. The Morgan fingerprint density at radius 3 is 2.73 bits per heavy atom. The van der Waals surface area contributed by atoms with Crippen LogP contribution in [0.2, 0.25) is 0 Å². The molecule has 0 saturated carbocycles. The first kappa shape index (κ1) is 18.3. The predicted octanol–water partition coefficient (Wildman–Crippen LogP) is 5.36. The van der Waals surface area contributed by atoms with Crippen LogP contribution in [0.4, 0.5) is 8.78 Å². The minimum Gasteiger partial charge on any atom is -0.478 e. The predicted molar refractivity (Wildman–Crippen MR) is 97.5 cm³/mol. The van der Waals surface area contributed by atoms with Crippen molar-refractivity contribution in [3.05, 3.63) is 52.5 Å². The Hall–Kier alpha value is -2.54. The number of unbranched alkanes of at least 4 members (excludes halogenated alkanes) is 1. The Balaban J connectivity index is 2.05. The molecule has 0 aliphatic heterocycles. The van der Waals surface area contributed by atoms with Crippen LogP contribution in [0, 0.1) is 18.6 Å². The van der Waals surface area contributed by atoms with Gasteiger partial charge in [0.05, 0.1) is 17.0 Å². The summed E-state index contributed by atoms with van der Waals surface area (Å²) in [5.74, 6) is -2.30. The van der Waals surface area contributed by atoms with Gasteiger partial charge in [-0.15, -0.1) is 11.3 Å². The number of carbonyl (C=O) groups is 1. The Bertz CT molecular complexity index is 963. The standard InChI is InChI=1S/C19H18F2N2O2S/c1-3-4-7-23-11(2)14(19(24)25)9-17(23)16-10-26-18(22-16)13-6-5-12(20)8-15(13)21/h5-6,8-10H,3-4,7H2,1-2H3,(H,24,25). The lowest BCUT2D eigenvalue weighted by atomic mass is 10.2. The highest BCUT2D eigenvalue weighted by atomic mass is 32.1. The maximum absolute atomic E-state index is 14.0. The molecule has 3 rings (SSSR count). The van der Waals surface area contributed by atoms with Crippen molar-refractivity contribution in [2.75, 3.05) is 0 Å². The van der Waals surface area contributed by atoms with Crippen molar-refractivity contribution < 1.29 is 18.7 Å². The second-order valence-corrected chi connectivity index (χ2v) is 6.86. The lowest BCUT2D eigenvalue weighted by Gasteiger charge is -2.09. The van der Waals surface area contributed by atoms with Gasteiger partial charge in [-0.05, 0) is 31.5 Å². The van der Waals surface area contributed by atoms with Gasteiger partial charge in [0, 0.05) is 29.2 Å². The zero-order chi connectivity index (χ0) is 18.8. The van der Waals surface area contributed by atoms with Crippen molar-refractivity contribution in [2.45, 2.75) is 33.2 Å². The number of nitrogens with zero attached hydrogens (tertiary/aromatic N) is 2. The summed E-state index contributed by atoms with van der Waals surface area (Å²) in [4.78, 5) is 15.9. The van der Waals surface area contributed by atoms with Crippen LogP contribution in [-0.2, 0) is 6.54 Å². The van der Waals surface area contributed by atoms with E-state index in [1.165, 1.54) is 23.5 Å². The van der Waals surface area contributed by atoms with E-state index in [0.717, 1.165) is 18.9 Å². The van der Waals surface area contributed by atoms with E-state index >= 15 is 0 Å². The van der Waals surface area contributed by atoms with Crippen molar-refractivity contribution in [1.82, 2.24) is 9.55 Å². The SMILES string of the molecule is CCCCn1c(-c2csc(-c3ccc(F)cc3F)n2)cc(C(=O)O)c1C. The average molecular weight is 376 g/mol. The molecule has 0 unspecified atom stereocenters. The van der Waals surface area contributed by atoms with Crippen LogP contribution in [0.5, 0.6) is 0 Å². The van der Waals surface area contributed by atoms with Crippen molar-refractivity contribution in [1.29, 1.82) is 0 Å². The molecule has 2 aromatic heterocycles. The summed E-state index contributed by atoms with van der Waals surface area (Å²) < 4.78 is 29.1. The molecule has 1 N–H and O–H groups in total. The minimum atomic E-state index is -0.987. The van der Waals surface area contributed by atoms with Crippen LogP contribution in [0.25, 0.3) is 22.0 Å². The maximum Gasteiger partial charge on any atom is 0.337 e. The van der Waals surface area contributed by atoms with Gasteiger partial charge >= 0.3 is 5.97 Å². The molecule has 3 aromatic rings. The second kappa shape index (κ2) is 7.37. The zero-order valence-corrected chi connectivity index (χ0v) is 15.2. The van der Waals surface area contributed by atoms with E-state index in [-0.39, 0.29) is 11.1 Å². The molecule has 0 atom stereocenters. The highest BCUT2D eigenvalue weighted by molar-refractivity contribution is 7.13. The Kier molecular flexibility index (Phi) is 5.18. The first-order valence-electron chi connectivity index (χ1n) is 8.27. The highest BCUT2D eigenvalue weighted by Gasteiger charge is 2.20. The van der Waals surface area contributed by atoms with Crippen LogP contribution in [0.1, 0.15) is 35.8 Å². The normalized spacial score (nSPS) is 11.1. The number of rotatable bonds is 6. The third-order valence-electron chi connectivity index (χ3n) is 4.26. The van der Waals surface area contributed by atoms with E-state index in [1.54, 1.807) is 18.4 Å². The smallest absolute Gasteiger partial charge is 0.337 e. The fourth-order valence-corrected chi connectivity index (χ4v) is 3.70. The molecule has 2 heterocycles. The number of carboxylic acids is 1. The number of halogens is 2. The number of benzene rings is 1. The number of thiazole rings is 1. The van der Waals surface area contributed by atoms with Crippen LogP contribution in [-0.4, -0.2) is 20.6 Å². The zero-order valence-electron chi connectivity index (χ0n) is 14.4. The van der Waals surface area contributed by atoms with Gasteiger partial charge in [-0.3, -0.25) is 0 Å². The molecule has 136 valence electrons. The van der Waals surface area contributed by atoms with Gasteiger partial charge in [0.25, 0.3) is 0 Å². The summed E-state index contributed by atoms with van der Waals surface area (Å²) in [7, 11) is 0. The summed E-state index contributed by atoms with van der Waals surface area (Å²) in [5.41, 5.74) is 2.41. The molecule has 0 aliphatic rings. The van der Waals surface area contributed by atoms with Crippen LogP contribution in [0.15, 0.2) is 29.6 Å². The third kappa shape index (κ3) is 3.39. The Morgan fingerprint density at radius 2 is 2.08 bits per heavy atom. The molecule has 4 nitrogen and oxygen atoms in total. The van der Waals surface area contributed by atoms with Gasteiger partial charge in [0.2, 0.25) is 0 Å². The van der Waals surface area contributed by atoms with Crippen LogP contribution >= 0.6 is 11.3 Å². The lowest BCUT2D eigenvalue weighted by molar-refractivity contribution is 0.0696.